The van der Waals surface area contributed by atoms with E-state index in [1.165, 1.54) is 24.8 Å². The first kappa shape index (κ1) is 26.0. The molecule has 1 fully saturated rings. The van der Waals surface area contributed by atoms with Gasteiger partial charge in [0.25, 0.3) is 11.8 Å². The van der Waals surface area contributed by atoms with E-state index in [2.05, 4.69) is 39.5 Å². The summed E-state index contributed by atoms with van der Waals surface area (Å²) in [5.41, 5.74) is 9.08. The second-order valence-corrected chi connectivity index (χ2v) is 9.29. The first-order valence-corrected chi connectivity index (χ1v) is 12.6. The van der Waals surface area contributed by atoms with Gasteiger partial charge in [0.15, 0.2) is 0 Å². The largest absolute Gasteiger partial charge is 0.363 e. The molecule has 37 heavy (non-hydrogen) atoms. The molecule has 3 aromatic rings. The third kappa shape index (κ3) is 7.44. The zero-order valence-electron chi connectivity index (χ0n) is 20.8. The fourth-order valence-electron chi connectivity index (χ4n) is 4.49. The van der Waals surface area contributed by atoms with Crippen molar-refractivity contribution in [1.82, 2.24) is 15.2 Å². The first-order chi connectivity index (χ1) is 18.0. The SMILES string of the molecule is NC(=O)C(=O)C(Cc1ccccc1)NC(=O)c1cccnc1C=Cc1ccc(CN2CCCCC2)cc1. The Bertz CT molecular complexity index is 1250. The van der Waals surface area contributed by atoms with Crippen molar-refractivity contribution in [3.05, 3.63) is 101 Å². The number of rotatable bonds is 10. The van der Waals surface area contributed by atoms with Crippen LogP contribution in [-0.2, 0) is 22.6 Å². The van der Waals surface area contributed by atoms with Gasteiger partial charge in [0.05, 0.1) is 11.3 Å². The fourth-order valence-corrected chi connectivity index (χ4v) is 4.49. The van der Waals surface area contributed by atoms with Gasteiger partial charge >= 0.3 is 0 Å². The van der Waals surface area contributed by atoms with Crippen LogP contribution in [0.15, 0.2) is 72.9 Å². The number of carbonyl (C=O) groups excluding carboxylic acids is 3. The van der Waals surface area contributed by atoms with E-state index in [-0.39, 0.29) is 6.42 Å². The van der Waals surface area contributed by atoms with E-state index in [4.69, 9.17) is 5.73 Å². The normalized spacial score (nSPS) is 14.8. The minimum atomic E-state index is -1.09. The molecule has 1 unspecified atom stereocenters. The maximum absolute atomic E-state index is 13.1. The summed E-state index contributed by atoms with van der Waals surface area (Å²) >= 11 is 0. The molecule has 2 heterocycles. The lowest BCUT2D eigenvalue weighted by Crippen LogP contribution is -2.47. The molecular weight excluding hydrogens is 464 g/mol. The van der Waals surface area contributed by atoms with Gasteiger partial charge in [-0.3, -0.25) is 24.3 Å². The number of nitrogens with zero attached hydrogens (tertiary/aromatic N) is 2. The average molecular weight is 497 g/mol. The van der Waals surface area contributed by atoms with Crippen molar-refractivity contribution >= 4 is 29.7 Å². The molecule has 190 valence electrons. The number of carbonyl (C=O) groups is 3. The van der Waals surface area contributed by atoms with Gasteiger partial charge in [-0.1, -0.05) is 67.1 Å². The molecular formula is C30H32N4O3. The quantitative estimate of drug-likeness (QED) is 0.417. The summed E-state index contributed by atoms with van der Waals surface area (Å²) in [6, 6.07) is 19.7. The van der Waals surface area contributed by atoms with Gasteiger partial charge in [-0.2, -0.15) is 0 Å². The fraction of sp³-hybridized carbons (Fsp3) is 0.267. The molecule has 4 rings (SSSR count). The molecule has 7 nitrogen and oxygen atoms in total. The second-order valence-electron chi connectivity index (χ2n) is 9.29. The van der Waals surface area contributed by atoms with Crippen molar-refractivity contribution < 1.29 is 14.4 Å². The lowest BCUT2D eigenvalue weighted by atomic mass is 10.0. The number of pyridine rings is 1. The molecule has 7 heteroatoms. The van der Waals surface area contributed by atoms with Crippen molar-refractivity contribution in [3.63, 3.8) is 0 Å². The molecule has 2 amide bonds. The molecule has 1 aliphatic heterocycles. The number of aromatic nitrogens is 1. The monoisotopic (exact) mass is 496 g/mol. The van der Waals surface area contributed by atoms with Crippen LogP contribution < -0.4 is 11.1 Å². The minimum Gasteiger partial charge on any atom is -0.363 e. The Morgan fingerprint density at radius 3 is 2.32 bits per heavy atom. The maximum atomic E-state index is 13.1. The van der Waals surface area contributed by atoms with E-state index in [0.29, 0.717) is 11.3 Å². The van der Waals surface area contributed by atoms with E-state index in [9.17, 15) is 14.4 Å². The van der Waals surface area contributed by atoms with Gasteiger partial charge in [-0.15, -0.1) is 0 Å². The molecule has 0 saturated carbocycles. The minimum absolute atomic E-state index is 0.156. The summed E-state index contributed by atoms with van der Waals surface area (Å²) in [6.07, 6.45) is 9.30. The van der Waals surface area contributed by atoms with E-state index in [1.54, 1.807) is 24.4 Å². The topological polar surface area (TPSA) is 105 Å². The Hall–Kier alpha value is -4.10. The summed E-state index contributed by atoms with van der Waals surface area (Å²) in [4.78, 5) is 44.0. The number of hydrogen-bond acceptors (Lipinski definition) is 5. The number of likely N-dealkylation sites (tertiary alicyclic amines) is 1. The van der Waals surface area contributed by atoms with Crippen LogP contribution >= 0.6 is 0 Å². The van der Waals surface area contributed by atoms with Crippen LogP contribution in [0.3, 0.4) is 0 Å². The van der Waals surface area contributed by atoms with E-state index in [0.717, 1.165) is 30.8 Å². The van der Waals surface area contributed by atoms with E-state index >= 15 is 0 Å². The molecule has 1 saturated heterocycles. The summed E-state index contributed by atoms with van der Waals surface area (Å²) in [5.74, 6) is -2.43. The Labute approximate surface area is 217 Å². The molecule has 0 bridgehead atoms. The lowest BCUT2D eigenvalue weighted by molar-refractivity contribution is -0.137. The van der Waals surface area contributed by atoms with Crippen molar-refractivity contribution in [2.45, 2.75) is 38.3 Å². The lowest BCUT2D eigenvalue weighted by Gasteiger charge is -2.26. The maximum Gasteiger partial charge on any atom is 0.287 e. The van der Waals surface area contributed by atoms with Gasteiger partial charge in [-0.25, -0.2) is 0 Å². The predicted octanol–water partition coefficient (Wildman–Crippen LogP) is 3.63. The van der Waals surface area contributed by atoms with Crippen LogP contribution in [0.25, 0.3) is 12.2 Å². The van der Waals surface area contributed by atoms with Crippen molar-refractivity contribution in [1.29, 1.82) is 0 Å². The number of Topliss-reactive ketones (excluding diaryl/α,β-unsaturated/α-hetero) is 1. The Morgan fingerprint density at radius 1 is 0.892 bits per heavy atom. The third-order valence-electron chi connectivity index (χ3n) is 6.50. The number of piperidine rings is 1. The Balaban J connectivity index is 1.45. The van der Waals surface area contributed by atoms with Crippen molar-refractivity contribution in [2.24, 2.45) is 5.73 Å². The van der Waals surface area contributed by atoms with Crippen LogP contribution in [-0.4, -0.2) is 46.6 Å². The third-order valence-corrected chi connectivity index (χ3v) is 6.50. The van der Waals surface area contributed by atoms with Crippen LogP contribution in [0.5, 0.6) is 0 Å². The number of benzene rings is 2. The van der Waals surface area contributed by atoms with Crippen LogP contribution in [0.4, 0.5) is 0 Å². The number of primary amides is 1. The van der Waals surface area contributed by atoms with Gasteiger partial charge in [0, 0.05) is 19.2 Å². The average Bonchev–Trinajstić information content (AvgIpc) is 2.93. The summed E-state index contributed by atoms with van der Waals surface area (Å²) < 4.78 is 0. The summed E-state index contributed by atoms with van der Waals surface area (Å²) in [6.45, 7) is 3.27. The molecule has 1 aliphatic rings. The van der Waals surface area contributed by atoms with Gasteiger partial charge in [0.2, 0.25) is 5.78 Å². The summed E-state index contributed by atoms with van der Waals surface area (Å²) in [5, 5.41) is 2.68. The molecule has 0 aliphatic carbocycles. The number of nitrogens with two attached hydrogens (primary N) is 1. The van der Waals surface area contributed by atoms with Crippen LogP contribution in [0, 0.1) is 0 Å². The van der Waals surface area contributed by atoms with Crippen LogP contribution in [0.2, 0.25) is 0 Å². The highest BCUT2D eigenvalue weighted by atomic mass is 16.2. The van der Waals surface area contributed by atoms with E-state index < -0.39 is 23.6 Å². The van der Waals surface area contributed by atoms with Crippen molar-refractivity contribution in [3.8, 4) is 0 Å². The van der Waals surface area contributed by atoms with Gasteiger partial charge < -0.3 is 11.1 Å². The Morgan fingerprint density at radius 2 is 1.62 bits per heavy atom. The highest BCUT2D eigenvalue weighted by Crippen LogP contribution is 2.16. The van der Waals surface area contributed by atoms with E-state index in [1.807, 2.05) is 36.4 Å². The summed E-state index contributed by atoms with van der Waals surface area (Å²) in [7, 11) is 0. The highest BCUT2D eigenvalue weighted by Gasteiger charge is 2.26. The number of amides is 2. The predicted molar refractivity (Wildman–Crippen MR) is 144 cm³/mol. The Kier molecular flexibility index (Phi) is 8.94. The van der Waals surface area contributed by atoms with Crippen molar-refractivity contribution in [2.75, 3.05) is 13.1 Å². The number of ketones is 1. The highest BCUT2D eigenvalue weighted by molar-refractivity contribution is 6.38. The molecule has 1 aromatic heterocycles. The molecule has 3 N–H and O–H groups in total. The zero-order valence-corrected chi connectivity index (χ0v) is 20.8. The molecule has 1 atom stereocenters. The molecule has 0 spiro atoms. The number of nitrogens with one attached hydrogen (secondary N) is 1. The standard InChI is InChI=1S/C30H32N4O3/c31-29(36)28(35)27(20-23-8-3-1-4-9-23)33-30(37)25-10-7-17-32-26(25)16-15-22-11-13-24(14-12-22)21-34-18-5-2-6-19-34/h1,3-4,7-17,27H,2,5-6,18-21H2,(H2,31,36)(H,33,37). The smallest absolute Gasteiger partial charge is 0.287 e. The van der Waals surface area contributed by atoms with Crippen LogP contribution in [0.1, 0.15) is 52.0 Å². The number of hydrogen-bond donors (Lipinski definition) is 2. The van der Waals surface area contributed by atoms with Gasteiger partial charge in [0.1, 0.15) is 6.04 Å². The molecule has 2 aromatic carbocycles. The molecule has 0 radical (unpaired) electrons. The van der Waals surface area contributed by atoms with Gasteiger partial charge in [-0.05, 0) is 60.8 Å². The zero-order chi connectivity index (χ0) is 26.0. The first-order valence-electron chi connectivity index (χ1n) is 12.6. The second kappa shape index (κ2) is 12.7.